The average Bonchev–Trinajstić information content (AvgIpc) is 2.74. The lowest BCUT2D eigenvalue weighted by Gasteiger charge is -2.41. The van der Waals surface area contributed by atoms with Crippen LogP contribution < -0.4 is 9.47 Å². The van der Waals surface area contributed by atoms with Crippen LogP contribution in [0, 0.1) is 5.92 Å². The molecule has 0 spiro atoms. The van der Waals surface area contributed by atoms with E-state index in [9.17, 15) is 4.79 Å². The Morgan fingerprint density at radius 2 is 1.69 bits per heavy atom. The monoisotopic (exact) mass is 399 g/mol. The lowest BCUT2D eigenvalue weighted by atomic mass is 9.84. The summed E-state index contributed by atoms with van der Waals surface area (Å²) in [5.74, 6) is 2.10. The number of fused-ring (bicyclic) bond motifs is 3. The summed E-state index contributed by atoms with van der Waals surface area (Å²) in [6, 6.07) is 6.03. The Labute approximate surface area is 176 Å². The molecule has 3 saturated heterocycles. The van der Waals surface area contributed by atoms with Crippen molar-refractivity contribution < 1.29 is 14.3 Å². The number of piperidine rings is 3. The Morgan fingerprint density at radius 1 is 0.966 bits per heavy atom. The van der Waals surface area contributed by atoms with Crippen molar-refractivity contribution in [3.05, 3.63) is 29.5 Å². The summed E-state index contributed by atoms with van der Waals surface area (Å²) >= 11 is 0. The highest BCUT2D eigenvalue weighted by Crippen LogP contribution is 2.34. The number of unbranched alkanes of at least 4 members (excludes halogenated alkanes) is 6. The molecule has 4 nitrogen and oxygen atoms in total. The van der Waals surface area contributed by atoms with Crippen LogP contribution >= 0.6 is 0 Å². The summed E-state index contributed by atoms with van der Waals surface area (Å²) in [7, 11) is 0. The summed E-state index contributed by atoms with van der Waals surface area (Å²) in [6.07, 6.45) is 12.9. The largest absolute Gasteiger partial charge is 0.490 e. The number of nitrogens with zero attached hydrogens (tertiary/aromatic N) is 1. The molecule has 2 bridgehead atoms. The molecule has 0 aromatic heterocycles. The minimum absolute atomic E-state index is 0.224. The Balaban J connectivity index is 1.56. The molecular weight excluding hydrogens is 362 g/mol. The van der Waals surface area contributed by atoms with Gasteiger partial charge in [0.1, 0.15) is 0 Å². The van der Waals surface area contributed by atoms with Crippen LogP contribution in [0.25, 0.3) is 6.08 Å². The smallest absolute Gasteiger partial charge is 0.182 e. The van der Waals surface area contributed by atoms with Gasteiger partial charge in [-0.2, -0.15) is 0 Å². The standard InChI is InChI=1S/C25H37NO3/c1-3-5-6-7-8-9-10-17-29-23-12-11-20(19-24(23)28-4-2)18-22-25(27)21-13-15-26(22)16-14-21/h11-12,18-19,21H,3-10,13-17H2,1-2H3/b22-18-. The van der Waals surface area contributed by atoms with Crippen molar-refractivity contribution in [2.45, 2.75) is 71.6 Å². The molecule has 160 valence electrons. The normalized spacial score (nSPS) is 17.9. The van der Waals surface area contributed by atoms with E-state index in [0.29, 0.717) is 12.4 Å². The molecule has 29 heavy (non-hydrogen) atoms. The third-order valence-electron chi connectivity index (χ3n) is 6.04. The second kappa shape index (κ2) is 11.3. The molecule has 3 aliphatic rings. The number of rotatable bonds is 12. The zero-order valence-corrected chi connectivity index (χ0v) is 18.3. The zero-order chi connectivity index (χ0) is 20.5. The summed E-state index contributed by atoms with van der Waals surface area (Å²) in [4.78, 5) is 14.8. The van der Waals surface area contributed by atoms with Gasteiger partial charge in [0.05, 0.1) is 18.9 Å². The predicted molar refractivity (Wildman–Crippen MR) is 118 cm³/mol. The number of carbonyl (C=O) groups excluding carboxylic acids is 1. The summed E-state index contributed by atoms with van der Waals surface area (Å²) in [5.41, 5.74) is 1.87. The molecule has 0 amide bonds. The molecule has 3 heterocycles. The maximum absolute atomic E-state index is 12.6. The van der Waals surface area contributed by atoms with E-state index in [2.05, 4.69) is 11.8 Å². The number of carbonyl (C=O) groups is 1. The Morgan fingerprint density at radius 3 is 2.38 bits per heavy atom. The third-order valence-corrected chi connectivity index (χ3v) is 6.04. The number of hydrogen-bond acceptors (Lipinski definition) is 4. The van der Waals surface area contributed by atoms with E-state index in [0.717, 1.165) is 61.7 Å². The van der Waals surface area contributed by atoms with Crippen molar-refractivity contribution in [2.24, 2.45) is 5.92 Å². The zero-order valence-electron chi connectivity index (χ0n) is 18.3. The fourth-order valence-corrected chi connectivity index (χ4v) is 4.31. The van der Waals surface area contributed by atoms with E-state index in [1.807, 2.05) is 31.2 Å². The highest BCUT2D eigenvalue weighted by molar-refractivity contribution is 6.01. The molecule has 1 aromatic carbocycles. The predicted octanol–water partition coefficient (Wildman–Crippen LogP) is 5.85. The highest BCUT2D eigenvalue weighted by Gasteiger charge is 2.36. The number of hydrogen-bond donors (Lipinski definition) is 0. The molecule has 0 aliphatic carbocycles. The first-order chi connectivity index (χ1) is 14.2. The van der Waals surface area contributed by atoms with Gasteiger partial charge in [0.2, 0.25) is 0 Å². The van der Waals surface area contributed by atoms with Crippen LogP contribution in [0.2, 0.25) is 0 Å². The summed E-state index contributed by atoms with van der Waals surface area (Å²) < 4.78 is 11.8. The quantitative estimate of drug-likeness (QED) is 0.326. The summed E-state index contributed by atoms with van der Waals surface area (Å²) in [5, 5.41) is 0. The fourth-order valence-electron chi connectivity index (χ4n) is 4.31. The van der Waals surface area contributed by atoms with Gasteiger partial charge in [0, 0.05) is 19.0 Å². The molecule has 3 fully saturated rings. The van der Waals surface area contributed by atoms with Gasteiger partial charge in [-0.05, 0) is 50.0 Å². The van der Waals surface area contributed by atoms with Crippen LogP contribution in [0.15, 0.2) is 23.9 Å². The maximum atomic E-state index is 12.6. The van der Waals surface area contributed by atoms with Crippen LogP contribution in [0.1, 0.15) is 77.2 Å². The molecule has 4 rings (SSSR count). The molecule has 3 aliphatic heterocycles. The van der Waals surface area contributed by atoms with Gasteiger partial charge in [-0.1, -0.05) is 51.5 Å². The molecule has 0 unspecified atom stereocenters. The van der Waals surface area contributed by atoms with Crippen molar-refractivity contribution in [3.63, 3.8) is 0 Å². The molecular formula is C25H37NO3. The van der Waals surface area contributed by atoms with E-state index in [1.165, 1.54) is 38.5 Å². The number of benzene rings is 1. The number of Topliss-reactive ketones (excluding diaryl/α,β-unsaturated/α-hetero) is 1. The lowest BCUT2D eigenvalue weighted by Crippen LogP contribution is -2.45. The van der Waals surface area contributed by atoms with Crippen LogP contribution in [-0.4, -0.2) is 37.0 Å². The Hall–Kier alpha value is -1.97. The van der Waals surface area contributed by atoms with E-state index in [4.69, 9.17) is 9.47 Å². The maximum Gasteiger partial charge on any atom is 0.182 e. The second-order valence-corrected chi connectivity index (χ2v) is 8.26. The van der Waals surface area contributed by atoms with Crippen LogP contribution in [0.4, 0.5) is 0 Å². The number of ether oxygens (including phenoxy) is 2. The molecule has 0 radical (unpaired) electrons. The third kappa shape index (κ3) is 6.01. The van der Waals surface area contributed by atoms with Gasteiger partial charge in [-0.3, -0.25) is 4.79 Å². The Kier molecular flexibility index (Phi) is 8.45. The van der Waals surface area contributed by atoms with Crippen molar-refractivity contribution >= 4 is 11.9 Å². The molecule has 0 saturated carbocycles. The number of ketones is 1. The minimum atomic E-state index is 0.224. The van der Waals surface area contributed by atoms with Gasteiger partial charge >= 0.3 is 0 Å². The average molecular weight is 400 g/mol. The van der Waals surface area contributed by atoms with Gasteiger partial charge in [-0.15, -0.1) is 0 Å². The molecule has 0 atom stereocenters. The van der Waals surface area contributed by atoms with Gasteiger partial charge < -0.3 is 14.4 Å². The Bertz CT molecular complexity index is 689. The van der Waals surface area contributed by atoms with Crippen molar-refractivity contribution in [3.8, 4) is 11.5 Å². The first kappa shape index (κ1) is 21.7. The van der Waals surface area contributed by atoms with Gasteiger partial charge in [0.15, 0.2) is 17.3 Å². The van der Waals surface area contributed by atoms with Crippen LogP contribution in [0.5, 0.6) is 11.5 Å². The number of allylic oxidation sites excluding steroid dienone is 1. The van der Waals surface area contributed by atoms with E-state index < -0.39 is 0 Å². The lowest BCUT2D eigenvalue weighted by molar-refractivity contribution is -0.125. The topological polar surface area (TPSA) is 38.8 Å². The first-order valence-electron chi connectivity index (χ1n) is 11.6. The minimum Gasteiger partial charge on any atom is -0.490 e. The van der Waals surface area contributed by atoms with Crippen molar-refractivity contribution in [1.82, 2.24) is 4.90 Å². The van der Waals surface area contributed by atoms with Crippen molar-refractivity contribution in [2.75, 3.05) is 26.3 Å². The fraction of sp³-hybridized carbons (Fsp3) is 0.640. The molecule has 1 aromatic rings. The van der Waals surface area contributed by atoms with Crippen LogP contribution in [-0.2, 0) is 4.79 Å². The summed E-state index contributed by atoms with van der Waals surface area (Å²) in [6.45, 7) is 7.56. The van der Waals surface area contributed by atoms with Gasteiger partial charge in [0.25, 0.3) is 0 Å². The molecule has 4 heteroatoms. The first-order valence-corrected chi connectivity index (χ1v) is 11.6. The van der Waals surface area contributed by atoms with Crippen molar-refractivity contribution in [1.29, 1.82) is 0 Å². The van der Waals surface area contributed by atoms with E-state index in [1.54, 1.807) is 0 Å². The van der Waals surface area contributed by atoms with E-state index in [-0.39, 0.29) is 5.92 Å². The van der Waals surface area contributed by atoms with Gasteiger partial charge in [-0.25, -0.2) is 0 Å². The van der Waals surface area contributed by atoms with E-state index >= 15 is 0 Å². The van der Waals surface area contributed by atoms with Crippen LogP contribution in [0.3, 0.4) is 0 Å². The second-order valence-electron chi connectivity index (χ2n) is 8.26. The SMILES string of the molecule is CCCCCCCCCOc1ccc(/C=C2/C(=O)C3CCN2CC3)cc1OCC. The molecule has 0 N–H and O–H groups in total. The highest BCUT2D eigenvalue weighted by atomic mass is 16.5.